The van der Waals surface area contributed by atoms with Crippen LogP contribution < -0.4 is 15.5 Å². The maximum absolute atomic E-state index is 13.6. The Bertz CT molecular complexity index is 1290. The number of anilines is 2. The molecule has 41 heavy (non-hydrogen) atoms. The molecule has 1 aliphatic heterocycles. The lowest BCUT2D eigenvalue weighted by molar-refractivity contribution is -0.220. The van der Waals surface area contributed by atoms with E-state index in [1.54, 1.807) is 24.5 Å². The zero-order valence-electron chi connectivity index (χ0n) is 24.0. The number of rotatable bonds is 12. The van der Waals surface area contributed by atoms with Crippen LogP contribution in [0.4, 0.5) is 16.0 Å². The highest BCUT2D eigenvalue weighted by Gasteiger charge is 2.25. The van der Waals surface area contributed by atoms with Crippen LogP contribution in [-0.4, -0.2) is 59.1 Å². The van der Waals surface area contributed by atoms with Gasteiger partial charge in [0.25, 0.3) is 5.91 Å². The Labute approximate surface area is 241 Å². The number of nitrogens with zero attached hydrogens (tertiary/aromatic N) is 4. The smallest absolute Gasteiger partial charge is 0.255 e. The normalized spacial score (nSPS) is 14.0. The molecule has 3 aromatic rings. The number of pyridine rings is 2. The van der Waals surface area contributed by atoms with Gasteiger partial charge in [0.2, 0.25) is 6.41 Å². The zero-order valence-corrected chi connectivity index (χ0v) is 24.0. The molecule has 0 aliphatic carbocycles. The summed E-state index contributed by atoms with van der Waals surface area (Å²) >= 11 is 0. The Morgan fingerprint density at radius 2 is 1.93 bits per heavy atom. The topological polar surface area (TPSA) is 99.7 Å². The Morgan fingerprint density at radius 3 is 2.61 bits per heavy atom. The molecule has 1 saturated heterocycles. The lowest BCUT2D eigenvalue weighted by atomic mass is 9.96. The minimum Gasteiger partial charge on any atom is -0.369 e. The van der Waals surface area contributed by atoms with Gasteiger partial charge in [-0.25, -0.2) is 14.4 Å². The number of piperidine rings is 1. The van der Waals surface area contributed by atoms with Crippen molar-refractivity contribution in [3.05, 3.63) is 83.4 Å². The first-order chi connectivity index (χ1) is 19.7. The molecule has 4 rings (SSSR count). The third-order valence-electron chi connectivity index (χ3n) is 6.78. The lowest BCUT2D eigenvalue weighted by Gasteiger charge is -2.35. The number of amides is 2. The fourth-order valence-electron chi connectivity index (χ4n) is 4.79. The first-order valence-corrected chi connectivity index (χ1v) is 14.0. The third kappa shape index (κ3) is 9.24. The van der Waals surface area contributed by atoms with Crippen LogP contribution in [0.3, 0.4) is 0 Å². The van der Waals surface area contributed by atoms with E-state index in [-0.39, 0.29) is 11.7 Å². The second kappa shape index (κ2) is 14.0. The standard InChI is InChI=1S/C31H39FN6O3/c1-31(2,3)41-38(22-39)21-24-12-16-37(17-13-24)28-10-9-27(30(40)35-20-25-7-5-14-33-19-25)29(36-28)34-15-11-23-6-4-8-26(32)18-23/h4-10,14,18-19,22,24H,11-13,15-17,20-21H2,1-3H3,(H,34,36)(H,35,40). The molecule has 1 aliphatic rings. The molecule has 2 N–H and O–H groups in total. The highest BCUT2D eigenvalue weighted by Crippen LogP contribution is 2.26. The van der Waals surface area contributed by atoms with Crippen LogP contribution in [0.5, 0.6) is 0 Å². The van der Waals surface area contributed by atoms with E-state index in [1.807, 2.05) is 45.0 Å². The molecule has 1 aromatic carbocycles. The molecule has 1 fully saturated rings. The summed E-state index contributed by atoms with van der Waals surface area (Å²) < 4.78 is 13.6. The van der Waals surface area contributed by atoms with Crippen molar-refractivity contribution < 1.29 is 18.8 Å². The van der Waals surface area contributed by atoms with Gasteiger partial charge in [-0.3, -0.25) is 19.4 Å². The molecule has 2 amide bonds. The molecular weight excluding hydrogens is 523 g/mol. The summed E-state index contributed by atoms with van der Waals surface area (Å²) in [5, 5.41) is 7.66. The van der Waals surface area contributed by atoms with Crippen molar-refractivity contribution in [3.8, 4) is 0 Å². The van der Waals surface area contributed by atoms with Crippen LogP contribution in [0.2, 0.25) is 0 Å². The first kappa shape index (κ1) is 29.9. The Hall–Kier alpha value is -4.05. The summed E-state index contributed by atoms with van der Waals surface area (Å²) in [6, 6.07) is 13.9. The van der Waals surface area contributed by atoms with Crippen molar-refractivity contribution in [2.24, 2.45) is 5.92 Å². The van der Waals surface area contributed by atoms with Crippen LogP contribution in [0, 0.1) is 11.7 Å². The molecule has 0 radical (unpaired) electrons. The number of benzene rings is 1. The number of hydroxylamine groups is 2. The van der Waals surface area contributed by atoms with E-state index >= 15 is 0 Å². The van der Waals surface area contributed by atoms with Gasteiger partial charge in [0.05, 0.1) is 17.7 Å². The van der Waals surface area contributed by atoms with Crippen molar-refractivity contribution in [2.75, 3.05) is 36.4 Å². The third-order valence-corrected chi connectivity index (χ3v) is 6.78. The number of carbonyl (C=O) groups excluding carboxylic acids is 2. The van der Waals surface area contributed by atoms with Crippen molar-refractivity contribution in [2.45, 2.75) is 52.2 Å². The number of aromatic nitrogens is 2. The highest BCUT2D eigenvalue weighted by molar-refractivity contribution is 5.99. The van der Waals surface area contributed by atoms with Crippen molar-refractivity contribution >= 4 is 24.0 Å². The number of hydrogen-bond donors (Lipinski definition) is 2. The van der Waals surface area contributed by atoms with Crippen LogP contribution in [0.15, 0.2) is 60.9 Å². The van der Waals surface area contributed by atoms with E-state index in [9.17, 15) is 14.0 Å². The molecule has 0 saturated carbocycles. The molecule has 2 aromatic heterocycles. The summed E-state index contributed by atoms with van der Waals surface area (Å²) in [7, 11) is 0. The number of carbonyl (C=O) groups is 2. The lowest BCUT2D eigenvalue weighted by Crippen LogP contribution is -2.41. The van der Waals surface area contributed by atoms with Crippen molar-refractivity contribution in [3.63, 3.8) is 0 Å². The van der Waals surface area contributed by atoms with Crippen molar-refractivity contribution in [1.82, 2.24) is 20.3 Å². The minimum atomic E-state index is -0.435. The summed E-state index contributed by atoms with van der Waals surface area (Å²) in [6.45, 7) is 8.69. The van der Waals surface area contributed by atoms with E-state index in [0.717, 1.165) is 49.3 Å². The summed E-state index contributed by atoms with van der Waals surface area (Å²) in [5.74, 6) is 1.06. The molecule has 0 atom stereocenters. The van der Waals surface area contributed by atoms with Gasteiger partial charge in [0.1, 0.15) is 17.5 Å². The predicted octanol–water partition coefficient (Wildman–Crippen LogP) is 4.61. The van der Waals surface area contributed by atoms with Gasteiger partial charge in [-0.05, 0) is 87.4 Å². The van der Waals surface area contributed by atoms with Gasteiger partial charge in [-0.1, -0.05) is 18.2 Å². The van der Waals surface area contributed by atoms with E-state index in [0.29, 0.717) is 43.4 Å². The van der Waals surface area contributed by atoms with Crippen LogP contribution in [0.25, 0.3) is 0 Å². The molecule has 0 spiro atoms. The van der Waals surface area contributed by atoms with Gasteiger partial charge in [0, 0.05) is 38.6 Å². The monoisotopic (exact) mass is 562 g/mol. The molecule has 3 heterocycles. The second-order valence-corrected chi connectivity index (χ2v) is 11.3. The van der Waals surface area contributed by atoms with Crippen molar-refractivity contribution in [1.29, 1.82) is 0 Å². The van der Waals surface area contributed by atoms with Gasteiger partial charge in [0.15, 0.2) is 0 Å². The maximum atomic E-state index is 13.6. The predicted molar refractivity (Wildman–Crippen MR) is 157 cm³/mol. The Kier molecular flexibility index (Phi) is 10.2. The highest BCUT2D eigenvalue weighted by atomic mass is 19.1. The van der Waals surface area contributed by atoms with Crippen LogP contribution in [-0.2, 0) is 22.6 Å². The number of halogens is 1. The van der Waals surface area contributed by atoms with Gasteiger partial charge >= 0.3 is 0 Å². The Balaban J connectivity index is 1.43. The second-order valence-electron chi connectivity index (χ2n) is 11.3. The summed E-state index contributed by atoms with van der Waals surface area (Å²) in [5.41, 5.74) is 1.76. The summed E-state index contributed by atoms with van der Waals surface area (Å²) in [4.78, 5) is 41.6. The zero-order chi connectivity index (χ0) is 29.2. The van der Waals surface area contributed by atoms with E-state index in [1.165, 1.54) is 17.2 Å². The van der Waals surface area contributed by atoms with Gasteiger partial charge in [-0.2, -0.15) is 0 Å². The average molecular weight is 563 g/mol. The summed E-state index contributed by atoms with van der Waals surface area (Å²) in [6.07, 6.45) is 6.50. The molecule has 10 heteroatoms. The molecule has 0 unspecified atom stereocenters. The largest absolute Gasteiger partial charge is 0.369 e. The number of nitrogens with one attached hydrogen (secondary N) is 2. The minimum absolute atomic E-state index is 0.243. The van der Waals surface area contributed by atoms with E-state index < -0.39 is 5.60 Å². The first-order valence-electron chi connectivity index (χ1n) is 14.0. The fraction of sp³-hybridized carbons (Fsp3) is 0.419. The molecule has 218 valence electrons. The molecule has 0 bridgehead atoms. The van der Waals surface area contributed by atoms with Crippen LogP contribution >= 0.6 is 0 Å². The maximum Gasteiger partial charge on any atom is 0.255 e. The molecular formula is C31H39FN6O3. The Morgan fingerprint density at radius 1 is 1.15 bits per heavy atom. The van der Waals surface area contributed by atoms with Gasteiger partial charge < -0.3 is 15.5 Å². The number of hydrogen-bond acceptors (Lipinski definition) is 7. The van der Waals surface area contributed by atoms with Gasteiger partial charge in [-0.15, -0.1) is 0 Å². The fourth-order valence-corrected chi connectivity index (χ4v) is 4.79. The average Bonchev–Trinajstić information content (AvgIpc) is 2.96. The van der Waals surface area contributed by atoms with Crippen LogP contribution in [0.1, 0.15) is 55.1 Å². The van der Waals surface area contributed by atoms with E-state index in [4.69, 9.17) is 9.82 Å². The SMILES string of the molecule is CC(C)(C)ON(C=O)CC1CCN(c2ccc(C(=O)NCc3cccnc3)c(NCCc3cccc(F)c3)n2)CC1. The molecule has 9 nitrogen and oxygen atoms in total. The van der Waals surface area contributed by atoms with E-state index in [2.05, 4.69) is 20.5 Å². The quantitative estimate of drug-likeness (QED) is 0.246.